The third-order valence-corrected chi connectivity index (χ3v) is 6.66. The fourth-order valence-corrected chi connectivity index (χ4v) is 5.03. The van der Waals surface area contributed by atoms with Gasteiger partial charge in [0.15, 0.2) is 0 Å². The first-order valence-electron chi connectivity index (χ1n) is 10.3. The van der Waals surface area contributed by atoms with Crippen LogP contribution in [0.5, 0.6) is 0 Å². The van der Waals surface area contributed by atoms with Crippen molar-refractivity contribution < 1.29 is 0 Å². The quantitative estimate of drug-likeness (QED) is 0.298. The second-order valence-electron chi connectivity index (χ2n) is 8.87. The first-order chi connectivity index (χ1) is 14.4. The Kier molecular flexibility index (Phi) is 4.44. The van der Waals surface area contributed by atoms with Crippen LogP contribution in [-0.2, 0) is 5.41 Å². The van der Waals surface area contributed by atoms with E-state index in [4.69, 9.17) is 9.97 Å². The Bertz CT molecular complexity index is 1360. The van der Waals surface area contributed by atoms with E-state index in [0.717, 1.165) is 32.9 Å². The Labute approximate surface area is 181 Å². The van der Waals surface area contributed by atoms with Gasteiger partial charge in [-0.2, -0.15) is 0 Å². The summed E-state index contributed by atoms with van der Waals surface area (Å²) in [6, 6.07) is 23.7. The van der Waals surface area contributed by atoms with Gasteiger partial charge < -0.3 is 0 Å². The van der Waals surface area contributed by atoms with Crippen molar-refractivity contribution in [2.75, 3.05) is 0 Å². The number of para-hydroxylation sites is 1. The van der Waals surface area contributed by atoms with Gasteiger partial charge in [0.05, 0.1) is 15.9 Å². The van der Waals surface area contributed by atoms with E-state index in [1.807, 2.05) is 12.3 Å². The summed E-state index contributed by atoms with van der Waals surface area (Å²) in [5.41, 5.74) is 6.90. The van der Waals surface area contributed by atoms with Gasteiger partial charge in [0, 0.05) is 17.3 Å². The molecule has 2 nitrogen and oxygen atoms in total. The molecule has 0 saturated carbocycles. The molecule has 0 aliphatic rings. The minimum absolute atomic E-state index is 0.0518. The number of aromatic nitrogens is 2. The van der Waals surface area contributed by atoms with E-state index < -0.39 is 0 Å². The van der Waals surface area contributed by atoms with Gasteiger partial charge in [0.1, 0.15) is 5.01 Å². The van der Waals surface area contributed by atoms with Gasteiger partial charge in [0.2, 0.25) is 0 Å². The van der Waals surface area contributed by atoms with E-state index in [2.05, 4.69) is 88.4 Å². The van der Waals surface area contributed by atoms with Gasteiger partial charge in [-0.25, -0.2) is 4.98 Å². The molecule has 5 aromatic rings. The number of thiazole rings is 1. The average molecular weight is 409 g/mol. The highest BCUT2D eigenvalue weighted by Gasteiger charge is 2.19. The van der Waals surface area contributed by atoms with Gasteiger partial charge >= 0.3 is 0 Å². The molecule has 0 aliphatic heterocycles. The van der Waals surface area contributed by atoms with Crippen LogP contribution in [0.2, 0.25) is 0 Å². The van der Waals surface area contributed by atoms with Crippen LogP contribution >= 0.6 is 11.3 Å². The van der Waals surface area contributed by atoms with Gasteiger partial charge in [-0.3, -0.25) is 4.98 Å². The second kappa shape index (κ2) is 7.03. The predicted octanol–water partition coefficient (Wildman–Crippen LogP) is 7.78. The fraction of sp³-hybridized carbons (Fsp3) is 0.185. The Morgan fingerprint density at radius 2 is 1.63 bits per heavy atom. The molecule has 0 radical (unpaired) electrons. The summed E-state index contributed by atoms with van der Waals surface area (Å²) < 4.78 is 1.21. The van der Waals surface area contributed by atoms with Gasteiger partial charge in [-0.05, 0) is 64.6 Å². The Morgan fingerprint density at radius 1 is 0.867 bits per heavy atom. The number of aryl methyl sites for hydroxylation is 1. The van der Waals surface area contributed by atoms with Crippen LogP contribution in [0.25, 0.3) is 42.8 Å². The molecule has 0 fully saturated rings. The molecule has 0 amide bonds. The number of hydrogen-bond acceptors (Lipinski definition) is 3. The van der Waals surface area contributed by atoms with Crippen molar-refractivity contribution in [2.24, 2.45) is 0 Å². The largest absolute Gasteiger partial charge is 0.256 e. The molecule has 2 heterocycles. The number of pyridine rings is 1. The summed E-state index contributed by atoms with van der Waals surface area (Å²) in [6.45, 7) is 8.92. The van der Waals surface area contributed by atoms with Crippen LogP contribution in [0.1, 0.15) is 31.9 Å². The standard InChI is InChI=1S/C27H24N2S/c1-17-16-28-24(15-21(17)26-29-23-11-7-8-12-25(23)30-26)19-13-18-9-5-6-10-20(18)22(14-19)27(2,3)4/h5-16H,1-4H3. The summed E-state index contributed by atoms with van der Waals surface area (Å²) in [5.74, 6) is 0. The Balaban J connectivity index is 1.70. The van der Waals surface area contributed by atoms with Gasteiger partial charge in [-0.1, -0.05) is 57.2 Å². The van der Waals surface area contributed by atoms with Crippen molar-refractivity contribution in [3.05, 3.63) is 84.1 Å². The van der Waals surface area contributed by atoms with Crippen molar-refractivity contribution in [2.45, 2.75) is 33.1 Å². The molecule has 0 aliphatic carbocycles. The highest BCUT2D eigenvalue weighted by Crippen LogP contribution is 2.37. The summed E-state index contributed by atoms with van der Waals surface area (Å²) in [6.07, 6.45) is 1.97. The molecule has 2 aromatic heterocycles. The molecule has 0 N–H and O–H groups in total. The van der Waals surface area contributed by atoms with E-state index in [1.54, 1.807) is 11.3 Å². The number of benzene rings is 3. The summed E-state index contributed by atoms with van der Waals surface area (Å²) in [7, 11) is 0. The molecule has 3 aromatic carbocycles. The zero-order valence-electron chi connectivity index (χ0n) is 17.7. The molecular weight excluding hydrogens is 384 g/mol. The minimum atomic E-state index is 0.0518. The van der Waals surface area contributed by atoms with Crippen LogP contribution in [-0.4, -0.2) is 9.97 Å². The Hall–Kier alpha value is -3.04. The van der Waals surface area contributed by atoms with Crippen LogP contribution in [0.3, 0.4) is 0 Å². The molecule has 148 valence electrons. The third-order valence-electron chi connectivity index (χ3n) is 5.59. The molecule has 5 rings (SSSR count). The van der Waals surface area contributed by atoms with Crippen molar-refractivity contribution >= 4 is 32.3 Å². The number of hydrogen-bond donors (Lipinski definition) is 0. The molecule has 3 heteroatoms. The first-order valence-corrected chi connectivity index (χ1v) is 11.1. The van der Waals surface area contributed by atoms with Crippen LogP contribution in [0.15, 0.2) is 72.9 Å². The van der Waals surface area contributed by atoms with E-state index in [9.17, 15) is 0 Å². The number of nitrogens with zero attached hydrogens (tertiary/aromatic N) is 2. The normalized spacial score (nSPS) is 12.0. The van der Waals surface area contributed by atoms with Crippen molar-refractivity contribution in [3.63, 3.8) is 0 Å². The molecule has 30 heavy (non-hydrogen) atoms. The number of rotatable bonds is 2. The van der Waals surface area contributed by atoms with Crippen molar-refractivity contribution in [1.29, 1.82) is 0 Å². The van der Waals surface area contributed by atoms with Crippen LogP contribution < -0.4 is 0 Å². The number of fused-ring (bicyclic) bond motifs is 2. The molecule has 0 unspecified atom stereocenters. The monoisotopic (exact) mass is 408 g/mol. The molecular formula is C27H24N2S. The highest BCUT2D eigenvalue weighted by atomic mass is 32.1. The van der Waals surface area contributed by atoms with Gasteiger partial charge in [-0.15, -0.1) is 11.3 Å². The summed E-state index contributed by atoms with van der Waals surface area (Å²) >= 11 is 1.74. The predicted molar refractivity (Wildman–Crippen MR) is 129 cm³/mol. The molecule has 0 saturated heterocycles. The minimum Gasteiger partial charge on any atom is -0.256 e. The first kappa shape index (κ1) is 19.0. The van der Waals surface area contributed by atoms with Crippen molar-refractivity contribution in [3.8, 4) is 21.8 Å². The van der Waals surface area contributed by atoms with E-state index in [1.165, 1.54) is 21.0 Å². The van der Waals surface area contributed by atoms with E-state index >= 15 is 0 Å². The van der Waals surface area contributed by atoms with E-state index in [-0.39, 0.29) is 5.41 Å². The summed E-state index contributed by atoms with van der Waals surface area (Å²) in [4.78, 5) is 9.67. The topological polar surface area (TPSA) is 25.8 Å². The van der Waals surface area contributed by atoms with Crippen LogP contribution in [0, 0.1) is 6.92 Å². The highest BCUT2D eigenvalue weighted by molar-refractivity contribution is 7.21. The Morgan fingerprint density at radius 3 is 2.43 bits per heavy atom. The van der Waals surface area contributed by atoms with Crippen LogP contribution in [0.4, 0.5) is 0 Å². The lowest BCUT2D eigenvalue weighted by Gasteiger charge is -2.23. The lowest BCUT2D eigenvalue weighted by molar-refractivity contribution is 0.596. The smallest absolute Gasteiger partial charge is 0.125 e. The zero-order chi connectivity index (χ0) is 20.9. The maximum Gasteiger partial charge on any atom is 0.125 e. The zero-order valence-corrected chi connectivity index (χ0v) is 18.5. The fourth-order valence-electron chi connectivity index (χ4n) is 3.98. The van der Waals surface area contributed by atoms with Crippen molar-refractivity contribution in [1.82, 2.24) is 9.97 Å². The summed E-state index contributed by atoms with van der Waals surface area (Å²) in [5, 5.41) is 3.62. The van der Waals surface area contributed by atoms with Gasteiger partial charge in [0.25, 0.3) is 0 Å². The lowest BCUT2D eigenvalue weighted by Crippen LogP contribution is -2.12. The third kappa shape index (κ3) is 3.29. The second-order valence-corrected chi connectivity index (χ2v) is 9.90. The maximum absolute atomic E-state index is 4.88. The average Bonchev–Trinajstić information content (AvgIpc) is 3.16. The molecule has 0 atom stereocenters. The maximum atomic E-state index is 4.88. The lowest BCUT2D eigenvalue weighted by atomic mass is 9.82. The molecule has 0 spiro atoms. The molecule has 0 bridgehead atoms. The SMILES string of the molecule is Cc1cnc(-c2cc(C(C)(C)C)c3ccccc3c2)cc1-c1nc2ccccc2s1. The van der Waals surface area contributed by atoms with E-state index in [0.29, 0.717) is 0 Å².